The summed E-state index contributed by atoms with van der Waals surface area (Å²) in [5, 5.41) is 8.71. The summed E-state index contributed by atoms with van der Waals surface area (Å²) in [6.45, 7) is 0. The van der Waals surface area contributed by atoms with Crippen LogP contribution in [0.15, 0.2) is 26.8 Å². The largest absolute Gasteiger partial charge is 0.249 e. The number of rotatable bonds is 1. The van der Waals surface area contributed by atoms with Crippen LogP contribution in [0.25, 0.3) is 10.6 Å². The van der Waals surface area contributed by atoms with Crippen molar-refractivity contribution < 1.29 is 0 Å². The maximum atomic E-state index is 4.11. The van der Waals surface area contributed by atoms with E-state index in [2.05, 4.69) is 47.0 Å². The zero-order valence-electron chi connectivity index (χ0n) is 6.24. The summed E-state index contributed by atoms with van der Waals surface area (Å²) in [7, 11) is 0. The molecule has 0 aliphatic carbocycles. The molecule has 0 unspecified atom stereocenters. The normalized spacial score (nSPS) is 10.3. The standard InChI is InChI=1S/C7H3Br2N3S/c8-5-2-1-4(3-10-5)6-11-12-7(9)13-6/h1-3H. The second-order valence-electron chi connectivity index (χ2n) is 2.23. The van der Waals surface area contributed by atoms with Gasteiger partial charge in [-0.3, -0.25) is 0 Å². The second-order valence-corrected chi connectivity index (χ2v) is 5.30. The zero-order valence-corrected chi connectivity index (χ0v) is 10.2. The highest BCUT2D eigenvalue weighted by molar-refractivity contribution is 9.11. The third-order valence-corrected chi connectivity index (χ3v) is 3.25. The van der Waals surface area contributed by atoms with E-state index in [-0.39, 0.29) is 0 Å². The molecule has 13 heavy (non-hydrogen) atoms. The highest BCUT2D eigenvalue weighted by atomic mass is 79.9. The van der Waals surface area contributed by atoms with Crippen molar-refractivity contribution in [2.24, 2.45) is 0 Å². The molecule has 2 rings (SSSR count). The minimum atomic E-state index is 0.783. The Morgan fingerprint density at radius 2 is 2.00 bits per heavy atom. The van der Waals surface area contributed by atoms with Gasteiger partial charge in [-0.2, -0.15) is 0 Å². The molecule has 0 aliphatic heterocycles. The summed E-state index contributed by atoms with van der Waals surface area (Å²) in [4.78, 5) is 4.11. The molecule has 6 heteroatoms. The highest BCUT2D eigenvalue weighted by Crippen LogP contribution is 2.26. The molecule has 0 aliphatic rings. The van der Waals surface area contributed by atoms with Crippen molar-refractivity contribution in [2.75, 3.05) is 0 Å². The smallest absolute Gasteiger partial charge is 0.183 e. The monoisotopic (exact) mass is 319 g/mol. The van der Waals surface area contributed by atoms with E-state index >= 15 is 0 Å². The van der Waals surface area contributed by atoms with Crippen LogP contribution in [0, 0.1) is 0 Å². The third kappa shape index (κ3) is 2.12. The number of nitrogens with zero attached hydrogens (tertiary/aromatic N) is 3. The minimum Gasteiger partial charge on any atom is -0.249 e. The van der Waals surface area contributed by atoms with Gasteiger partial charge in [0, 0.05) is 11.8 Å². The van der Waals surface area contributed by atoms with Crippen LogP contribution in [-0.2, 0) is 0 Å². The molecule has 0 radical (unpaired) electrons. The number of hydrogen-bond acceptors (Lipinski definition) is 4. The first-order valence-corrected chi connectivity index (χ1v) is 5.77. The first kappa shape index (κ1) is 9.23. The molecule has 0 saturated heterocycles. The van der Waals surface area contributed by atoms with Crippen LogP contribution in [-0.4, -0.2) is 15.2 Å². The van der Waals surface area contributed by atoms with Crippen LogP contribution in [0.3, 0.4) is 0 Å². The van der Waals surface area contributed by atoms with E-state index in [4.69, 9.17) is 0 Å². The molecule has 0 atom stereocenters. The second kappa shape index (κ2) is 3.81. The molecule has 0 amide bonds. The fourth-order valence-electron chi connectivity index (χ4n) is 0.824. The topological polar surface area (TPSA) is 38.7 Å². The molecule has 0 saturated carbocycles. The van der Waals surface area contributed by atoms with Crippen molar-refractivity contribution in [3.8, 4) is 10.6 Å². The van der Waals surface area contributed by atoms with Crippen molar-refractivity contribution in [2.45, 2.75) is 0 Å². The van der Waals surface area contributed by atoms with Crippen molar-refractivity contribution in [1.29, 1.82) is 0 Å². The van der Waals surface area contributed by atoms with Gasteiger partial charge in [0.05, 0.1) is 0 Å². The molecule has 0 spiro atoms. The summed E-state index contributed by atoms with van der Waals surface area (Å²) in [5.74, 6) is 0. The van der Waals surface area contributed by atoms with Crippen molar-refractivity contribution >= 4 is 43.2 Å². The van der Waals surface area contributed by atoms with Crippen molar-refractivity contribution in [1.82, 2.24) is 15.2 Å². The molecular formula is C7H3Br2N3S. The molecular weight excluding hydrogens is 318 g/mol. The molecule has 0 fully saturated rings. The summed E-state index contributed by atoms with van der Waals surface area (Å²) in [6, 6.07) is 3.83. The molecule has 0 N–H and O–H groups in total. The highest BCUT2D eigenvalue weighted by Gasteiger charge is 2.04. The lowest BCUT2D eigenvalue weighted by Crippen LogP contribution is -1.79. The van der Waals surface area contributed by atoms with E-state index in [1.165, 1.54) is 11.3 Å². The van der Waals surface area contributed by atoms with Crippen LogP contribution in [0.1, 0.15) is 0 Å². The Hall–Kier alpha value is -0.330. The van der Waals surface area contributed by atoms with Crippen LogP contribution in [0.5, 0.6) is 0 Å². The SMILES string of the molecule is Brc1ccc(-c2nnc(Br)s2)cn1. The predicted molar refractivity (Wildman–Crippen MR) is 58.5 cm³/mol. The van der Waals surface area contributed by atoms with Crippen LogP contribution in [0.2, 0.25) is 0 Å². The maximum Gasteiger partial charge on any atom is 0.183 e. The van der Waals surface area contributed by atoms with Crippen molar-refractivity contribution in [3.63, 3.8) is 0 Å². The van der Waals surface area contributed by atoms with Gasteiger partial charge in [-0.25, -0.2) is 4.98 Å². The first-order valence-electron chi connectivity index (χ1n) is 3.36. The van der Waals surface area contributed by atoms with Gasteiger partial charge in [0.1, 0.15) is 9.61 Å². The van der Waals surface area contributed by atoms with Crippen LogP contribution >= 0.6 is 43.2 Å². The van der Waals surface area contributed by atoms with Gasteiger partial charge in [-0.15, -0.1) is 10.2 Å². The van der Waals surface area contributed by atoms with E-state index in [1.807, 2.05) is 12.1 Å². The average molecular weight is 321 g/mol. The third-order valence-electron chi connectivity index (χ3n) is 1.37. The van der Waals surface area contributed by atoms with E-state index in [0.29, 0.717) is 0 Å². The number of pyridine rings is 1. The Morgan fingerprint density at radius 3 is 2.54 bits per heavy atom. The lowest BCUT2D eigenvalue weighted by Gasteiger charge is -1.92. The number of hydrogen-bond donors (Lipinski definition) is 0. The van der Waals surface area contributed by atoms with Crippen LogP contribution in [0.4, 0.5) is 0 Å². The van der Waals surface area contributed by atoms with E-state index in [1.54, 1.807) is 6.20 Å². The van der Waals surface area contributed by atoms with E-state index in [9.17, 15) is 0 Å². The molecule has 2 heterocycles. The average Bonchev–Trinajstić information content (AvgIpc) is 2.53. The summed E-state index contributed by atoms with van der Waals surface area (Å²) in [6.07, 6.45) is 1.76. The Balaban J connectivity index is 2.41. The van der Waals surface area contributed by atoms with E-state index in [0.717, 1.165) is 19.1 Å². The summed E-state index contributed by atoms with van der Waals surface area (Å²) in [5.41, 5.74) is 0.978. The van der Waals surface area contributed by atoms with Gasteiger partial charge in [0.2, 0.25) is 0 Å². The molecule has 0 aromatic carbocycles. The molecule has 3 nitrogen and oxygen atoms in total. The molecule has 0 bridgehead atoms. The zero-order chi connectivity index (χ0) is 9.26. The Bertz CT molecular complexity index is 412. The van der Waals surface area contributed by atoms with Gasteiger partial charge < -0.3 is 0 Å². The fraction of sp³-hybridized carbons (Fsp3) is 0. The lowest BCUT2D eigenvalue weighted by molar-refractivity contribution is 1.07. The minimum absolute atomic E-state index is 0.783. The lowest BCUT2D eigenvalue weighted by atomic mass is 10.3. The fourth-order valence-corrected chi connectivity index (χ4v) is 2.16. The van der Waals surface area contributed by atoms with Gasteiger partial charge >= 0.3 is 0 Å². The molecule has 2 aromatic heterocycles. The van der Waals surface area contributed by atoms with Gasteiger partial charge in [0.25, 0.3) is 0 Å². The van der Waals surface area contributed by atoms with Gasteiger partial charge in [0.15, 0.2) is 3.92 Å². The first-order chi connectivity index (χ1) is 6.25. The molecule has 66 valence electrons. The van der Waals surface area contributed by atoms with Crippen molar-refractivity contribution in [3.05, 3.63) is 26.8 Å². The Morgan fingerprint density at radius 1 is 1.15 bits per heavy atom. The Labute approximate surface area is 95.5 Å². The number of halogens is 2. The Kier molecular flexibility index (Phi) is 2.71. The quantitative estimate of drug-likeness (QED) is 0.758. The van der Waals surface area contributed by atoms with Gasteiger partial charge in [-0.1, -0.05) is 11.3 Å². The van der Waals surface area contributed by atoms with Gasteiger partial charge in [-0.05, 0) is 44.0 Å². The summed E-state index contributed by atoms with van der Waals surface area (Å²) >= 11 is 8.02. The predicted octanol–water partition coefficient (Wildman–Crippen LogP) is 3.13. The number of aromatic nitrogens is 3. The van der Waals surface area contributed by atoms with Crippen LogP contribution < -0.4 is 0 Å². The maximum absolute atomic E-state index is 4.11. The molecule has 2 aromatic rings. The summed E-state index contributed by atoms with van der Waals surface area (Å²) < 4.78 is 1.60. The van der Waals surface area contributed by atoms with E-state index < -0.39 is 0 Å².